The van der Waals surface area contributed by atoms with Crippen molar-refractivity contribution >= 4 is 52.0 Å². The number of likely N-dealkylation sites (N-methyl/N-ethyl adjacent to an activating group) is 1. The summed E-state index contributed by atoms with van der Waals surface area (Å²) in [7, 11) is 6.73. The second kappa shape index (κ2) is 9.35. The van der Waals surface area contributed by atoms with Crippen LogP contribution in [0.5, 0.6) is 0 Å². The Kier molecular flexibility index (Phi) is 6.47. The summed E-state index contributed by atoms with van der Waals surface area (Å²) in [6.07, 6.45) is 0.239. The molecule has 0 bridgehead atoms. The Morgan fingerprint density at radius 3 is 2.48 bits per heavy atom. The number of nitrogens with zero attached hydrogens (tertiary/aromatic N) is 3. The Bertz CT molecular complexity index is 1570. The molecule has 3 aliphatic carbocycles. The number of hydrogen-bond acceptors (Lipinski definition) is 12. The predicted octanol–water partition coefficient (Wildman–Crippen LogP) is 0.799. The number of anilines is 1. The molecule has 1 amide bonds. The number of Topliss-reactive ketones (excluding diaryl/α,β-unsaturated/α-hetero) is 2. The number of aromatic nitrogens is 1. The van der Waals surface area contributed by atoms with Gasteiger partial charge in [-0.1, -0.05) is 11.8 Å². The number of ketones is 2. The van der Waals surface area contributed by atoms with Gasteiger partial charge in [0.05, 0.1) is 11.6 Å². The monoisotopic (exact) mass is 572 g/mol. The number of aliphatic carboxylic acids is 1. The number of primary amides is 1. The summed E-state index contributed by atoms with van der Waals surface area (Å²) in [6, 6.07) is 0.675. The molecule has 0 spiro atoms. The van der Waals surface area contributed by atoms with Crippen LogP contribution in [0, 0.1) is 11.8 Å². The molecule has 3 aliphatic rings. The van der Waals surface area contributed by atoms with Crippen molar-refractivity contribution in [3.8, 4) is 0 Å². The van der Waals surface area contributed by atoms with Crippen molar-refractivity contribution in [3.63, 3.8) is 0 Å². The zero-order valence-electron chi connectivity index (χ0n) is 22.1. The lowest BCUT2D eigenvalue weighted by molar-refractivity contribution is -0.148. The van der Waals surface area contributed by atoms with Gasteiger partial charge in [-0.2, -0.15) is 0 Å². The van der Waals surface area contributed by atoms with Crippen molar-refractivity contribution < 1.29 is 44.0 Å². The Morgan fingerprint density at radius 2 is 1.90 bits per heavy atom. The Morgan fingerprint density at radius 1 is 1.23 bits per heavy atom. The van der Waals surface area contributed by atoms with Crippen LogP contribution in [0.4, 0.5) is 5.69 Å². The quantitative estimate of drug-likeness (QED) is 0.240. The molecule has 1 aromatic carbocycles. The first-order valence-electron chi connectivity index (χ1n) is 12.3. The normalized spacial score (nSPS) is 26.2. The molecular formula is C26H28N4O9S. The summed E-state index contributed by atoms with van der Waals surface area (Å²) < 4.78 is 5.81. The minimum absolute atomic E-state index is 0.0206. The largest absolute Gasteiger partial charge is 0.510 e. The molecule has 1 heterocycles. The molecular weight excluding hydrogens is 544 g/mol. The fourth-order valence-electron chi connectivity index (χ4n) is 6.25. The standard InChI is InChI=1S/C26H28N4O9S/c1-29(2)13-7-12-21(39-25(28-12)40-8-14(31)32)16-10(13)5-9-6-11-18(30(3)4)20(34)17(24(27)37)23(36)26(11,38)22(35)15(9)19(16)33/h7,9,11,18,34-35,38H,5-6,8H2,1-4H3,(H2,27,37)(H,31,32)/t9-,11-,18-,26-/m0/s1. The van der Waals surface area contributed by atoms with Crippen molar-refractivity contribution in [3.05, 3.63) is 39.9 Å². The third-order valence-corrected chi connectivity index (χ3v) is 8.67. The number of benzene rings is 1. The highest BCUT2D eigenvalue weighted by Crippen LogP contribution is 2.53. The van der Waals surface area contributed by atoms with Gasteiger partial charge in [-0.25, -0.2) is 4.98 Å². The van der Waals surface area contributed by atoms with E-state index in [9.17, 15) is 34.5 Å². The summed E-state index contributed by atoms with van der Waals surface area (Å²) in [4.78, 5) is 58.4. The third kappa shape index (κ3) is 3.81. The molecule has 2 aromatic rings. The van der Waals surface area contributed by atoms with Crippen molar-refractivity contribution in [2.24, 2.45) is 17.6 Å². The van der Waals surface area contributed by atoms with Gasteiger partial charge in [0.2, 0.25) is 5.78 Å². The molecule has 5 rings (SSSR count). The summed E-state index contributed by atoms with van der Waals surface area (Å²) in [5.74, 6) is -7.87. The molecule has 0 saturated heterocycles. The molecule has 6 N–H and O–H groups in total. The highest BCUT2D eigenvalue weighted by atomic mass is 32.2. The van der Waals surface area contributed by atoms with Crippen molar-refractivity contribution in [2.75, 3.05) is 38.8 Å². The number of hydrogen-bond donors (Lipinski definition) is 5. The van der Waals surface area contributed by atoms with Gasteiger partial charge in [0, 0.05) is 31.3 Å². The van der Waals surface area contributed by atoms with Crippen LogP contribution in [0.25, 0.3) is 11.1 Å². The van der Waals surface area contributed by atoms with E-state index in [0.29, 0.717) is 16.8 Å². The Balaban J connectivity index is 1.73. The fraction of sp³-hybridized carbons (Fsp3) is 0.423. The van der Waals surface area contributed by atoms with Gasteiger partial charge in [-0.15, -0.1) is 0 Å². The number of rotatable bonds is 6. The summed E-state index contributed by atoms with van der Waals surface area (Å²) in [6.45, 7) is 0. The molecule has 13 nitrogen and oxygen atoms in total. The number of aliphatic hydroxyl groups is 3. The number of allylic oxidation sites excluding steroid dienone is 1. The van der Waals surface area contributed by atoms with Gasteiger partial charge in [-0.3, -0.25) is 24.1 Å². The van der Waals surface area contributed by atoms with Gasteiger partial charge < -0.3 is 35.5 Å². The van der Waals surface area contributed by atoms with Crippen LogP contribution in [-0.4, -0.2) is 99.3 Å². The van der Waals surface area contributed by atoms with Crippen LogP contribution in [0.3, 0.4) is 0 Å². The van der Waals surface area contributed by atoms with Gasteiger partial charge in [-0.05, 0) is 44.5 Å². The molecule has 0 aliphatic heterocycles. The lowest BCUT2D eigenvalue weighted by atomic mass is 9.58. The summed E-state index contributed by atoms with van der Waals surface area (Å²) >= 11 is 0.839. The maximum Gasteiger partial charge on any atom is 0.314 e. The minimum atomic E-state index is -2.69. The second-order valence-electron chi connectivity index (χ2n) is 10.6. The second-order valence-corrected chi connectivity index (χ2v) is 11.5. The first-order valence-corrected chi connectivity index (χ1v) is 13.3. The Labute approximate surface area is 231 Å². The lowest BCUT2D eigenvalue weighted by Gasteiger charge is -2.50. The zero-order valence-corrected chi connectivity index (χ0v) is 22.9. The van der Waals surface area contributed by atoms with Gasteiger partial charge in [0.1, 0.15) is 28.4 Å². The molecule has 4 atom stereocenters. The third-order valence-electron chi connectivity index (χ3n) is 7.86. The lowest BCUT2D eigenvalue weighted by Crippen LogP contribution is -2.63. The van der Waals surface area contributed by atoms with E-state index in [2.05, 4.69) is 4.98 Å². The number of thioether (sulfide) groups is 1. The average molecular weight is 573 g/mol. The van der Waals surface area contributed by atoms with Crippen LogP contribution in [0.1, 0.15) is 22.3 Å². The number of carbonyl (C=O) groups excluding carboxylic acids is 3. The zero-order chi connectivity index (χ0) is 29.4. The molecule has 0 fully saturated rings. The summed E-state index contributed by atoms with van der Waals surface area (Å²) in [5.41, 5.74) is 3.37. The van der Waals surface area contributed by atoms with Gasteiger partial charge in [0.25, 0.3) is 11.1 Å². The van der Waals surface area contributed by atoms with Gasteiger partial charge >= 0.3 is 5.97 Å². The van der Waals surface area contributed by atoms with Crippen LogP contribution in [0.2, 0.25) is 0 Å². The molecule has 0 unspecified atom stereocenters. The van der Waals surface area contributed by atoms with Crippen LogP contribution in [-0.2, 0) is 20.8 Å². The van der Waals surface area contributed by atoms with Crippen LogP contribution >= 0.6 is 11.8 Å². The number of fused-ring (bicyclic) bond motifs is 5. The maximum absolute atomic E-state index is 14.1. The van der Waals surface area contributed by atoms with Gasteiger partial charge in [0.15, 0.2) is 17.0 Å². The van der Waals surface area contributed by atoms with Crippen molar-refractivity contribution in [1.82, 2.24) is 9.88 Å². The topological polar surface area (TPSA) is 208 Å². The van der Waals surface area contributed by atoms with Crippen LogP contribution in [0.15, 0.2) is 38.4 Å². The number of carbonyl (C=O) groups is 4. The fourth-order valence-corrected chi connectivity index (χ4v) is 6.80. The molecule has 0 saturated carbocycles. The van der Waals surface area contributed by atoms with E-state index in [-0.39, 0.29) is 40.5 Å². The molecule has 212 valence electrons. The predicted molar refractivity (Wildman–Crippen MR) is 142 cm³/mol. The van der Waals surface area contributed by atoms with Crippen LogP contribution < -0.4 is 10.6 Å². The van der Waals surface area contributed by atoms with E-state index >= 15 is 0 Å². The highest BCUT2D eigenvalue weighted by Gasteiger charge is 2.63. The highest BCUT2D eigenvalue weighted by molar-refractivity contribution is 7.99. The van der Waals surface area contributed by atoms with E-state index in [1.165, 1.54) is 4.90 Å². The van der Waals surface area contributed by atoms with E-state index in [1.54, 1.807) is 39.2 Å². The first kappa shape index (κ1) is 27.7. The van der Waals surface area contributed by atoms with E-state index < -0.39 is 64.0 Å². The van der Waals surface area contributed by atoms with E-state index in [4.69, 9.17) is 15.3 Å². The SMILES string of the molecule is CN(C)c1cc2nc(SCC(=O)O)oc2c2c1C[C@H]1C[C@H]3[C@H](N(C)C)C(O)=C(C(N)=O)C(=O)[C@@]3(O)C(O)=C1C2=O. The number of aliphatic hydroxyl groups excluding tert-OH is 2. The average Bonchev–Trinajstić information content (AvgIpc) is 3.26. The molecule has 0 radical (unpaired) electrons. The smallest absolute Gasteiger partial charge is 0.314 e. The van der Waals surface area contributed by atoms with Crippen molar-refractivity contribution in [1.29, 1.82) is 0 Å². The number of carboxylic acid groups (broad SMARTS) is 1. The molecule has 1 aromatic heterocycles. The Hall–Kier alpha value is -3.88. The number of carboxylic acids is 1. The van der Waals surface area contributed by atoms with E-state index in [0.717, 1.165) is 11.8 Å². The van der Waals surface area contributed by atoms with E-state index in [1.807, 2.05) is 0 Å². The molecule has 14 heteroatoms. The molecule has 40 heavy (non-hydrogen) atoms. The first-order chi connectivity index (χ1) is 18.7. The number of oxazole rings is 1. The number of nitrogens with two attached hydrogens (primary N) is 1. The minimum Gasteiger partial charge on any atom is -0.510 e. The summed E-state index contributed by atoms with van der Waals surface area (Å²) in [5, 5.41) is 43.2. The maximum atomic E-state index is 14.1. The number of amides is 1. The van der Waals surface area contributed by atoms with Crippen molar-refractivity contribution in [2.45, 2.75) is 29.7 Å².